The maximum Gasteiger partial charge on any atom is 0.199 e. The van der Waals surface area contributed by atoms with Crippen molar-refractivity contribution in [3.05, 3.63) is 47.1 Å². The highest BCUT2D eigenvalue weighted by molar-refractivity contribution is 6.29. The Labute approximate surface area is 125 Å². The van der Waals surface area contributed by atoms with Gasteiger partial charge in [0.05, 0.1) is 12.7 Å². The summed E-state index contributed by atoms with van der Waals surface area (Å²) in [6, 6.07) is 10.8. The molecular weight excluding hydrogens is 290 g/mol. The quantitative estimate of drug-likeness (QED) is 0.572. The molecule has 0 amide bonds. The molecule has 0 radical (unpaired) electrons. The average molecular weight is 302 g/mol. The van der Waals surface area contributed by atoms with Crippen LogP contribution in [0.4, 0.5) is 5.69 Å². The minimum Gasteiger partial charge on any atom is -0.494 e. The summed E-state index contributed by atoms with van der Waals surface area (Å²) in [6.45, 7) is 0. The molecule has 0 aliphatic rings. The molecule has 2 heterocycles. The number of pyridine rings is 1. The van der Waals surface area contributed by atoms with Gasteiger partial charge in [-0.05, 0) is 24.3 Å². The molecule has 1 aromatic carbocycles. The van der Waals surface area contributed by atoms with Crippen molar-refractivity contribution in [1.29, 1.82) is 0 Å². The fourth-order valence-corrected chi connectivity index (χ4v) is 2.20. The second-order valence-electron chi connectivity index (χ2n) is 4.35. The minimum atomic E-state index is -0.00147. The van der Waals surface area contributed by atoms with E-state index in [0.29, 0.717) is 27.8 Å². The molecule has 0 spiro atoms. The number of hydrogen-bond donors (Lipinski definition) is 2. The third-order valence-electron chi connectivity index (χ3n) is 3.06. The number of nitrogens with zero attached hydrogens (tertiary/aromatic N) is 2. The number of para-hydroxylation sites is 2. The Kier molecular flexibility index (Phi) is 3.50. The van der Waals surface area contributed by atoms with E-state index in [2.05, 4.69) is 15.0 Å². The largest absolute Gasteiger partial charge is 0.494 e. The number of aromatic amines is 1. The Morgan fingerprint density at radius 3 is 2.90 bits per heavy atom. The van der Waals surface area contributed by atoms with Crippen LogP contribution in [0.2, 0.25) is 5.15 Å². The van der Waals surface area contributed by atoms with Crippen LogP contribution in [0.1, 0.15) is 5.56 Å². The predicted octanol–water partition coefficient (Wildman–Crippen LogP) is 3.68. The molecule has 106 valence electrons. The molecule has 0 saturated heterocycles. The van der Waals surface area contributed by atoms with Crippen LogP contribution in [0, 0.1) is 0 Å². The molecule has 6 heteroatoms. The fraction of sp³-hybridized carbons (Fsp3) is 0.0667. The zero-order valence-electron chi connectivity index (χ0n) is 11.2. The predicted molar refractivity (Wildman–Crippen MR) is 83.0 cm³/mol. The Hall–Kier alpha value is -2.53. The van der Waals surface area contributed by atoms with Gasteiger partial charge in [-0.3, -0.25) is 4.99 Å². The van der Waals surface area contributed by atoms with Crippen LogP contribution in [0.5, 0.6) is 11.6 Å². The molecular formula is C15H12ClN3O2. The zero-order chi connectivity index (χ0) is 14.8. The third-order valence-corrected chi connectivity index (χ3v) is 3.27. The van der Waals surface area contributed by atoms with Gasteiger partial charge in [0.2, 0.25) is 0 Å². The summed E-state index contributed by atoms with van der Waals surface area (Å²) in [6.07, 6.45) is 1.57. The lowest BCUT2D eigenvalue weighted by Crippen LogP contribution is -1.84. The lowest BCUT2D eigenvalue weighted by Gasteiger charge is -2.02. The molecule has 0 bridgehead atoms. The van der Waals surface area contributed by atoms with E-state index in [1.807, 2.05) is 24.3 Å². The van der Waals surface area contributed by atoms with E-state index < -0.39 is 0 Å². The average Bonchev–Trinajstić information content (AvgIpc) is 2.80. The van der Waals surface area contributed by atoms with Gasteiger partial charge in [-0.1, -0.05) is 23.7 Å². The van der Waals surface area contributed by atoms with Crippen molar-refractivity contribution in [1.82, 2.24) is 9.97 Å². The van der Waals surface area contributed by atoms with E-state index in [9.17, 15) is 5.11 Å². The number of halogens is 1. The molecule has 0 atom stereocenters. The van der Waals surface area contributed by atoms with Gasteiger partial charge in [0.25, 0.3) is 0 Å². The first-order chi connectivity index (χ1) is 10.2. The van der Waals surface area contributed by atoms with Crippen LogP contribution < -0.4 is 4.74 Å². The van der Waals surface area contributed by atoms with Crippen molar-refractivity contribution in [2.24, 2.45) is 4.99 Å². The molecule has 2 aromatic heterocycles. The number of aliphatic imine (C=N–C) groups is 1. The normalized spacial score (nSPS) is 11.3. The van der Waals surface area contributed by atoms with E-state index in [1.54, 1.807) is 25.5 Å². The van der Waals surface area contributed by atoms with Gasteiger partial charge >= 0.3 is 0 Å². The van der Waals surface area contributed by atoms with Crippen molar-refractivity contribution in [3.8, 4) is 11.6 Å². The monoisotopic (exact) mass is 301 g/mol. The van der Waals surface area contributed by atoms with E-state index in [0.717, 1.165) is 5.39 Å². The van der Waals surface area contributed by atoms with Crippen molar-refractivity contribution in [2.45, 2.75) is 0 Å². The lowest BCUT2D eigenvalue weighted by molar-refractivity contribution is 0.416. The van der Waals surface area contributed by atoms with Crippen LogP contribution in [-0.4, -0.2) is 28.4 Å². The first-order valence-electron chi connectivity index (χ1n) is 6.23. The molecule has 2 N–H and O–H groups in total. The van der Waals surface area contributed by atoms with Gasteiger partial charge in [-0.2, -0.15) is 0 Å². The maximum atomic E-state index is 9.97. The summed E-state index contributed by atoms with van der Waals surface area (Å²) in [4.78, 5) is 11.2. The highest BCUT2D eigenvalue weighted by Crippen LogP contribution is 2.29. The molecule has 3 rings (SSSR count). The summed E-state index contributed by atoms with van der Waals surface area (Å²) in [5.74, 6) is 0.660. The van der Waals surface area contributed by atoms with Gasteiger partial charge in [-0.15, -0.1) is 0 Å². The number of ether oxygens (including phenoxy) is 1. The molecule has 0 aliphatic carbocycles. The topological polar surface area (TPSA) is 70.5 Å². The van der Waals surface area contributed by atoms with Crippen molar-refractivity contribution in [2.75, 3.05) is 7.11 Å². The van der Waals surface area contributed by atoms with Gasteiger partial charge in [-0.25, -0.2) is 4.98 Å². The number of H-pyrrole nitrogens is 1. The summed E-state index contributed by atoms with van der Waals surface area (Å²) < 4.78 is 5.23. The summed E-state index contributed by atoms with van der Waals surface area (Å²) in [5.41, 5.74) is 1.75. The smallest absolute Gasteiger partial charge is 0.199 e. The number of rotatable bonds is 3. The SMILES string of the molecule is COc1ccccc1N=Cc1c(O)[nH]c2nc(Cl)ccc12. The van der Waals surface area contributed by atoms with Crippen LogP contribution in [0.3, 0.4) is 0 Å². The number of methoxy groups -OCH3 is 1. The minimum absolute atomic E-state index is 0.00147. The van der Waals surface area contributed by atoms with Crippen molar-refractivity contribution in [3.63, 3.8) is 0 Å². The first kappa shape index (κ1) is 13.5. The Bertz CT molecular complexity index is 827. The molecule has 0 aliphatic heterocycles. The number of nitrogens with one attached hydrogen (secondary N) is 1. The Morgan fingerprint density at radius 2 is 2.10 bits per heavy atom. The maximum absolute atomic E-state index is 9.97. The van der Waals surface area contributed by atoms with E-state index >= 15 is 0 Å². The summed E-state index contributed by atoms with van der Waals surface area (Å²) >= 11 is 5.83. The molecule has 5 nitrogen and oxygen atoms in total. The van der Waals surface area contributed by atoms with Gasteiger partial charge in [0, 0.05) is 11.6 Å². The third kappa shape index (κ3) is 2.55. The Balaban J connectivity index is 2.05. The Morgan fingerprint density at radius 1 is 1.29 bits per heavy atom. The summed E-state index contributed by atoms with van der Waals surface area (Å²) in [5, 5.41) is 11.1. The number of aromatic nitrogens is 2. The van der Waals surface area contributed by atoms with Gasteiger partial charge in [0.1, 0.15) is 22.2 Å². The second kappa shape index (κ2) is 5.46. The zero-order valence-corrected chi connectivity index (χ0v) is 11.9. The molecule has 21 heavy (non-hydrogen) atoms. The lowest BCUT2D eigenvalue weighted by atomic mass is 10.2. The number of hydrogen-bond acceptors (Lipinski definition) is 4. The summed E-state index contributed by atoms with van der Waals surface area (Å²) in [7, 11) is 1.59. The van der Waals surface area contributed by atoms with E-state index in [-0.39, 0.29) is 5.88 Å². The number of benzene rings is 1. The highest BCUT2D eigenvalue weighted by atomic mass is 35.5. The van der Waals surface area contributed by atoms with E-state index in [4.69, 9.17) is 16.3 Å². The second-order valence-corrected chi connectivity index (χ2v) is 4.73. The molecule has 0 saturated carbocycles. The van der Waals surface area contributed by atoms with Crippen LogP contribution >= 0.6 is 11.6 Å². The van der Waals surface area contributed by atoms with Crippen LogP contribution in [0.25, 0.3) is 11.0 Å². The van der Waals surface area contributed by atoms with E-state index in [1.165, 1.54) is 0 Å². The molecule has 3 aromatic rings. The fourth-order valence-electron chi connectivity index (χ4n) is 2.06. The molecule has 0 fully saturated rings. The standard InChI is InChI=1S/C15H12ClN3O2/c1-21-12-5-3-2-4-11(12)17-8-10-9-6-7-13(16)18-14(9)19-15(10)20/h2-8,20H,1H3,(H,18,19). The van der Waals surface area contributed by atoms with Gasteiger partial charge in [0.15, 0.2) is 5.88 Å². The molecule has 0 unspecified atom stereocenters. The van der Waals surface area contributed by atoms with Gasteiger partial charge < -0.3 is 14.8 Å². The van der Waals surface area contributed by atoms with Crippen LogP contribution in [0.15, 0.2) is 41.4 Å². The number of aromatic hydroxyl groups is 1. The highest BCUT2D eigenvalue weighted by Gasteiger charge is 2.10. The van der Waals surface area contributed by atoms with Crippen molar-refractivity contribution >= 4 is 34.5 Å². The van der Waals surface area contributed by atoms with Crippen LogP contribution in [-0.2, 0) is 0 Å². The van der Waals surface area contributed by atoms with Crippen molar-refractivity contribution < 1.29 is 9.84 Å². The number of fused-ring (bicyclic) bond motifs is 1. The first-order valence-corrected chi connectivity index (χ1v) is 6.61.